The van der Waals surface area contributed by atoms with Crippen molar-refractivity contribution < 1.29 is 4.58 Å². The molecule has 1 N–H and O–H groups in total. The molecule has 0 aliphatic rings. The van der Waals surface area contributed by atoms with Gasteiger partial charge in [0.1, 0.15) is 0 Å². The van der Waals surface area contributed by atoms with Crippen molar-refractivity contribution in [2.75, 3.05) is 14.1 Å². The Morgan fingerprint density at radius 3 is 1.78 bits per heavy atom. The van der Waals surface area contributed by atoms with Gasteiger partial charge < -0.3 is 0 Å². The Kier molecular flexibility index (Phi) is 2.68. The molecule has 0 aliphatic carbocycles. The third kappa shape index (κ3) is 7.47. The number of nitrogens with zero attached hydrogens (tertiary/aromatic N) is 1. The van der Waals surface area contributed by atoms with Gasteiger partial charge >= 0.3 is 0 Å². The normalized spacial score (nSPS) is 10.8. The fraction of sp³-hybridized carbons (Fsp3) is 0.857. The Bertz CT molecular complexity index is 105. The monoisotopic (exact) mass is 129 g/mol. The number of rotatable bonds is 1. The summed E-state index contributed by atoms with van der Waals surface area (Å²) >= 11 is 0. The molecular weight excluding hydrogens is 112 g/mol. The van der Waals surface area contributed by atoms with Gasteiger partial charge in [0.25, 0.3) is 0 Å². The summed E-state index contributed by atoms with van der Waals surface area (Å²) in [7, 11) is 4.00. The van der Waals surface area contributed by atoms with E-state index in [2.05, 4.69) is 26.1 Å². The maximum absolute atomic E-state index is 3.22. The van der Waals surface area contributed by atoms with E-state index in [1.54, 1.807) is 0 Å². The second-order valence-electron chi connectivity index (χ2n) is 3.49. The van der Waals surface area contributed by atoms with Crippen LogP contribution in [0.25, 0.3) is 0 Å². The minimum atomic E-state index is 0.185. The third-order valence-electron chi connectivity index (χ3n) is 0.756. The summed E-state index contributed by atoms with van der Waals surface area (Å²) in [6, 6.07) is 0. The predicted octanol–water partition coefficient (Wildman–Crippen LogP) is 0.675. The van der Waals surface area contributed by atoms with Gasteiger partial charge in [-0.15, -0.1) is 0 Å². The highest BCUT2D eigenvalue weighted by atomic mass is 15.1. The molecule has 0 aromatic rings. The van der Waals surface area contributed by atoms with E-state index in [0.29, 0.717) is 0 Å². The van der Waals surface area contributed by atoms with E-state index in [1.165, 1.54) is 0 Å². The zero-order chi connectivity index (χ0) is 7.49. The van der Waals surface area contributed by atoms with Crippen molar-refractivity contribution in [3.8, 4) is 0 Å². The molecule has 0 heterocycles. The van der Waals surface area contributed by atoms with E-state index in [1.807, 2.05) is 25.0 Å². The van der Waals surface area contributed by atoms with E-state index in [-0.39, 0.29) is 5.54 Å². The first-order chi connectivity index (χ1) is 3.92. The highest BCUT2D eigenvalue weighted by molar-refractivity contribution is 5.48. The molecule has 0 spiro atoms. The van der Waals surface area contributed by atoms with E-state index in [9.17, 15) is 0 Å². The molecule has 2 nitrogen and oxygen atoms in total. The lowest BCUT2D eigenvalue weighted by atomic mass is 10.1. The number of hydrogen-bond donors (Lipinski definition) is 1. The molecule has 0 saturated heterocycles. The van der Waals surface area contributed by atoms with Crippen LogP contribution in [0, 0.1) is 0 Å². The Morgan fingerprint density at radius 1 is 1.22 bits per heavy atom. The van der Waals surface area contributed by atoms with Gasteiger partial charge in [0, 0.05) is 0 Å². The van der Waals surface area contributed by atoms with Crippen molar-refractivity contribution in [3.63, 3.8) is 0 Å². The second-order valence-corrected chi connectivity index (χ2v) is 3.49. The summed E-state index contributed by atoms with van der Waals surface area (Å²) in [4.78, 5) is 0. The van der Waals surface area contributed by atoms with Gasteiger partial charge in [-0.1, -0.05) is 0 Å². The molecular formula is C7H17N2+. The molecule has 0 fully saturated rings. The van der Waals surface area contributed by atoms with E-state index < -0.39 is 0 Å². The van der Waals surface area contributed by atoms with Gasteiger partial charge in [0.05, 0.1) is 19.6 Å². The van der Waals surface area contributed by atoms with Crippen LogP contribution in [0.4, 0.5) is 0 Å². The molecule has 54 valence electrons. The SMILES string of the molecule is C[N+](C)=CNC(C)(C)C. The third-order valence-corrected chi connectivity index (χ3v) is 0.756. The van der Waals surface area contributed by atoms with Crippen molar-refractivity contribution >= 4 is 6.34 Å². The summed E-state index contributed by atoms with van der Waals surface area (Å²) < 4.78 is 1.99. The maximum Gasteiger partial charge on any atom is 0.231 e. The van der Waals surface area contributed by atoms with Crippen LogP contribution in [0.1, 0.15) is 20.8 Å². The maximum atomic E-state index is 3.22. The van der Waals surface area contributed by atoms with Gasteiger partial charge in [0.2, 0.25) is 6.34 Å². The lowest BCUT2D eigenvalue weighted by Gasteiger charge is -2.11. The molecule has 0 rings (SSSR count). The lowest BCUT2D eigenvalue weighted by molar-refractivity contribution is -0.461. The highest BCUT2D eigenvalue weighted by Crippen LogP contribution is 1.94. The van der Waals surface area contributed by atoms with Crippen LogP contribution in [-0.2, 0) is 0 Å². The smallest absolute Gasteiger partial charge is 0.231 e. The van der Waals surface area contributed by atoms with E-state index in [0.717, 1.165) is 0 Å². The Balaban J connectivity index is 3.64. The second kappa shape index (κ2) is 2.85. The molecule has 0 aromatic heterocycles. The molecule has 0 bridgehead atoms. The van der Waals surface area contributed by atoms with Crippen LogP contribution in [0.2, 0.25) is 0 Å². The first-order valence-electron chi connectivity index (χ1n) is 3.19. The first-order valence-corrected chi connectivity index (χ1v) is 3.19. The molecule has 0 atom stereocenters. The summed E-state index contributed by atoms with van der Waals surface area (Å²) in [5, 5.41) is 3.22. The van der Waals surface area contributed by atoms with Crippen LogP contribution in [0.5, 0.6) is 0 Å². The van der Waals surface area contributed by atoms with Crippen LogP contribution in [0.3, 0.4) is 0 Å². The number of nitrogens with one attached hydrogen (secondary N) is 1. The Morgan fingerprint density at radius 2 is 1.67 bits per heavy atom. The minimum Gasteiger partial charge on any atom is -0.277 e. The molecule has 0 amide bonds. The molecule has 0 aromatic carbocycles. The predicted molar refractivity (Wildman–Crippen MR) is 41.1 cm³/mol. The van der Waals surface area contributed by atoms with Gasteiger partial charge in [-0.25, -0.2) is 0 Å². The first kappa shape index (κ1) is 8.47. The van der Waals surface area contributed by atoms with Crippen LogP contribution in [-0.4, -0.2) is 30.5 Å². The largest absolute Gasteiger partial charge is 0.277 e. The standard InChI is InChI=1S/C7H16N2/c1-7(2,3)8-6-9(4)5/h6H,1-5H3/p+1. The average molecular weight is 129 g/mol. The average Bonchev–Trinajstić information content (AvgIpc) is 1.59. The van der Waals surface area contributed by atoms with Gasteiger partial charge in [-0.2, -0.15) is 0 Å². The summed E-state index contributed by atoms with van der Waals surface area (Å²) in [5.74, 6) is 0. The Labute approximate surface area is 57.6 Å². The molecule has 2 heteroatoms. The summed E-state index contributed by atoms with van der Waals surface area (Å²) in [6.45, 7) is 6.40. The van der Waals surface area contributed by atoms with Crippen LogP contribution >= 0.6 is 0 Å². The van der Waals surface area contributed by atoms with Crippen molar-refractivity contribution in [1.29, 1.82) is 0 Å². The highest BCUT2D eigenvalue weighted by Gasteiger charge is 2.10. The zero-order valence-corrected chi connectivity index (χ0v) is 7.02. The quantitative estimate of drug-likeness (QED) is 0.312. The van der Waals surface area contributed by atoms with E-state index in [4.69, 9.17) is 0 Å². The van der Waals surface area contributed by atoms with Gasteiger partial charge in [0.15, 0.2) is 0 Å². The lowest BCUT2D eigenvalue weighted by Crippen LogP contribution is -2.36. The minimum absolute atomic E-state index is 0.185. The molecule has 0 aliphatic heterocycles. The molecule has 0 radical (unpaired) electrons. The fourth-order valence-corrected chi connectivity index (χ4v) is 0.323. The van der Waals surface area contributed by atoms with Gasteiger partial charge in [-0.3, -0.25) is 9.89 Å². The summed E-state index contributed by atoms with van der Waals surface area (Å²) in [5.41, 5.74) is 0.185. The molecule has 0 unspecified atom stereocenters. The van der Waals surface area contributed by atoms with Crippen LogP contribution < -0.4 is 5.32 Å². The van der Waals surface area contributed by atoms with Gasteiger partial charge in [-0.05, 0) is 20.8 Å². The topological polar surface area (TPSA) is 15.0 Å². The molecule has 0 saturated carbocycles. The summed E-state index contributed by atoms with van der Waals surface area (Å²) in [6.07, 6.45) is 1.96. The Hall–Kier alpha value is -0.530. The van der Waals surface area contributed by atoms with Crippen LogP contribution in [0.15, 0.2) is 0 Å². The fourth-order valence-electron chi connectivity index (χ4n) is 0.323. The zero-order valence-electron chi connectivity index (χ0n) is 7.02. The van der Waals surface area contributed by atoms with Crippen molar-refractivity contribution in [2.24, 2.45) is 0 Å². The van der Waals surface area contributed by atoms with Crippen molar-refractivity contribution in [3.05, 3.63) is 0 Å². The van der Waals surface area contributed by atoms with Crippen molar-refractivity contribution in [2.45, 2.75) is 26.3 Å². The van der Waals surface area contributed by atoms with Crippen molar-refractivity contribution in [1.82, 2.24) is 5.32 Å². The molecule has 9 heavy (non-hydrogen) atoms. The van der Waals surface area contributed by atoms with E-state index >= 15 is 0 Å². The number of hydrogen-bond acceptors (Lipinski definition) is 0.